The van der Waals surface area contributed by atoms with Crippen LogP contribution in [0.1, 0.15) is 21.5 Å². The number of benzene rings is 2. The smallest absolute Gasteiger partial charge is 0.331 e. The summed E-state index contributed by atoms with van der Waals surface area (Å²) in [6.07, 6.45) is 6.36. The second kappa shape index (κ2) is 8.43. The van der Waals surface area contributed by atoms with Crippen LogP contribution in [0.5, 0.6) is 11.5 Å². The number of hydrogen-bond acceptors (Lipinski definition) is 6. The number of esters is 1. The third-order valence-electron chi connectivity index (χ3n) is 4.29. The largest absolute Gasteiger partial charge is 0.454 e. The number of carbonyl (C=O) groups excluding carboxylic acids is 2. The Morgan fingerprint density at radius 3 is 2.79 bits per heavy atom. The maximum absolute atomic E-state index is 12.2. The number of ether oxygens (including phenoxy) is 3. The van der Waals surface area contributed by atoms with Crippen molar-refractivity contribution in [2.24, 2.45) is 0 Å². The van der Waals surface area contributed by atoms with Gasteiger partial charge in [-0.3, -0.25) is 9.48 Å². The van der Waals surface area contributed by atoms with Gasteiger partial charge in [0.1, 0.15) is 0 Å². The summed E-state index contributed by atoms with van der Waals surface area (Å²) in [6, 6.07) is 14.8. The number of fused-ring (bicyclic) bond motifs is 1. The molecule has 3 aromatic rings. The molecule has 29 heavy (non-hydrogen) atoms. The quantitative estimate of drug-likeness (QED) is 0.350. The predicted octanol–water partition coefficient (Wildman–Crippen LogP) is 3.10. The monoisotopic (exact) mass is 390 g/mol. The molecule has 0 aliphatic carbocycles. The van der Waals surface area contributed by atoms with Crippen molar-refractivity contribution in [3.05, 3.63) is 83.7 Å². The van der Waals surface area contributed by atoms with Crippen LogP contribution >= 0.6 is 0 Å². The molecule has 0 bridgehead atoms. The lowest BCUT2D eigenvalue weighted by Crippen LogP contribution is -2.12. The van der Waals surface area contributed by atoms with Crippen LogP contribution in [0, 0.1) is 0 Å². The van der Waals surface area contributed by atoms with Gasteiger partial charge in [0.15, 0.2) is 23.9 Å². The number of Topliss-reactive ketones (excluding diaryl/α,β-unsaturated/α-hetero) is 1. The van der Waals surface area contributed by atoms with Crippen molar-refractivity contribution in [2.45, 2.75) is 6.54 Å². The topological polar surface area (TPSA) is 79.7 Å². The van der Waals surface area contributed by atoms with Crippen molar-refractivity contribution in [1.29, 1.82) is 0 Å². The molecule has 1 aliphatic heterocycles. The zero-order chi connectivity index (χ0) is 20.1. The lowest BCUT2D eigenvalue weighted by molar-refractivity contribution is -0.136. The van der Waals surface area contributed by atoms with E-state index in [0.717, 1.165) is 11.1 Å². The van der Waals surface area contributed by atoms with Crippen LogP contribution in [0.25, 0.3) is 6.08 Å². The number of carbonyl (C=O) groups is 2. The van der Waals surface area contributed by atoms with E-state index in [9.17, 15) is 9.59 Å². The third kappa shape index (κ3) is 4.70. The van der Waals surface area contributed by atoms with Crippen LogP contribution in [0.3, 0.4) is 0 Å². The van der Waals surface area contributed by atoms with E-state index in [4.69, 9.17) is 14.2 Å². The molecule has 0 spiro atoms. The number of ketones is 1. The summed E-state index contributed by atoms with van der Waals surface area (Å²) >= 11 is 0. The highest BCUT2D eigenvalue weighted by Crippen LogP contribution is 2.32. The summed E-state index contributed by atoms with van der Waals surface area (Å²) in [7, 11) is 0. The SMILES string of the molecule is O=C(/C=C/c1cnn(Cc2ccccc2)c1)OCC(=O)c1ccc2c(c1)OCO2. The minimum atomic E-state index is -0.602. The third-order valence-corrected chi connectivity index (χ3v) is 4.29. The van der Waals surface area contributed by atoms with E-state index < -0.39 is 5.97 Å². The Morgan fingerprint density at radius 2 is 1.93 bits per heavy atom. The first-order valence-corrected chi connectivity index (χ1v) is 9.01. The van der Waals surface area contributed by atoms with Crippen molar-refractivity contribution in [3.8, 4) is 11.5 Å². The van der Waals surface area contributed by atoms with Crippen LogP contribution < -0.4 is 9.47 Å². The molecular weight excluding hydrogens is 372 g/mol. The van der Waals surface area contributed by atoms with Gasteiger partial charge in [-0.15, -0.1) is 0 Å². The maximum atomic E-state index is 12.2. The molecule has 2 heterocycles. The summed E-state index contributed by atoms with van der Waals surface area (Å²) < 4.78 is 17.3. The lowest BCUT2D eigenvalue weighted by atomic mass is 10.1. The number of nitrogens with zero attached hydrogens (tertiary/aromatic N) is 2. The van der Waals surface area contributed by atoms with E-state index in [0.29, 0.717) is 23.6 Å². The van der Waals surface area contributed by atoms with Crippen LogP contribution in [-0.4, -0.2) is 34.9 Å². The minimum Gasteiger partial charge on any atom is -0.454 e. The second-order valence-corrected chi connectivity index (χ2v) is 6.39. The Hall–Kier alpha value is -3.87. The summed E-state index contributed by atoms with van der Waals surface area (Å²) in [4.78, 5) is 24.1. The highest BCUT2D eigenvalue weighted by Gasteiger charge is 2.16. The number of rotatable bonds is 7. The lowest BCUT2D eigenvalue weighted by Gasteiger charge is -2.03. The Bertz CT molecular complexity index is 1060. The molecule has 4 rings (SSSR count). The van der Waals surface area contributed by atoms with Gasteiger partial charge in [0, 0.05) is 23.4 Å². The van der Waals surface area contributed by atoms with Gasteiger partial charge in [0.2, 0.25) is 6.79 Å². The van der Waals surface area contributed by atoms with Crippen LogP contribution in [0.4, 0.5) is 0 Å². The zero-order valence-corrected chi connectivity index (χ0v) is 15.5. The Morgan fingerprint density at radius 1 is 1.10 bits per heavy atom. The Labute approximate surface area is 167 Å². The fourth-order valence-corrected chi connectivity index (χ4v) is 2.82. The molecule has 0 radical (unpaired) electrons. The molecule has 0 atom stereocenters. The molecule has 0 saturated heterocycles. The van der Waals surface area contributed by atoms with Gasteiger partial charge in [-0.05, 0) is 29.8 Å². The van der Waals surface area contributed by atoms with Crippen molar-refractivity contribution in [1.82, 2.24) is 9.78 Å². The number of aromatic nitrogens is 2. The fraction of sp³-hybridized carbons (Fsp3) is 0.136. The fourth-order valence-electron chi connectivity index (χ4n) is 2.82. The van der Waals surface area contributed by atoms with E-state index in [-0.39, 0.29) is 19.2 Å². The van der Waals surface area contributed by atoms with Gasteiger partial charge in [-0.2, -0.15) is 5.10 Å². The number of hydrogen-bond donors (Lipinski definition) is 0. The van der Waals surface area contributed by atoms with E-state index in [1.165, 1.54) is 6.08 Å². The van der Waals surface area contributed by atoms with Gasteiger partial charge in [-0.25, -0.2) is 4.79 Å². The first kappa shape index (κ1) is 18.5. The highest BCUT2D eigenvalue weighted by molar-refractivity contribution is 5.99. The molecular formula is C22H18N2O5. The summed E-state index contributed by atoms with van der Waals surface area (Å²) in [5.74, 6) is 0.180. The first-order chi connectivity index (χ1) is 14.2. The normalized spacial score (nSPS) is 12.3. The molecule has 1 aromatic heterocycles. The van der Waals surface area contributed by atoms with Crippen molar-refractivity contribution in [2.75, 3.05) is 13.4 Å². The van der Waals surface area contributed by atoms with Crippen molar-refractivity contribution < 1.29 is 23.8 Å². The molecule has 2 aromatic carbocycles. The average Bonchev–Trinajstić information content (AvgIpc) is 3.40. The van der Waals surface area contributed by atoms with Gasteiger partial charge >= 0.3 is 5.97 Å². The molecule has 0 N–H and O–H groups in total. The summed E-state index contributed by atoms with van der Waals surface area (Å²) in [6.45, 7) is 0.425. The van der Waals surface area contributed by atoms with Gasteiger partial charge in [-0.1, -0.05) is 30.3 Å². The van der Waals surface area contributed by atoms with E-state index in [2.05, 4.69) is 5.10 Å². The molecule has 7 heteroatoms. The zero-order valence-electron chi connectivity index (χ0n) is 15.5. The van der Waals surface area contributed by atoms with Gasteiger partial charge in [0.25, 0.3) is 0 Å². The predicted molar refractivity (Wildman–Crippen MR) is 105 cm³/mol. The molecule has 1 aliphatic rings. The molecule has 7 nitrogen and oxygen atoms in total. The van der Waals surface area contributed by atoms with Crippen LogP contribution in [-0.2, 0) is 16.1 Å². The molecule has 0 amide bonds. The molecule has 0 saturated carbocycles. The summed E-state index contributed by atoms with van der Waals surface area (Å²) in [5.41, 5.74) is 2.29. The van der Waals surface area contributed by atoms with Crippen LogP contribution in [0.2, 0.25) is 0 Å². The standard InChI is InChI=1S/C22H18N2O5/c25-19(18-7-8-20-21(10-18)29-15-28-20)14-27-22(26)9-6-17-11-23-24(13-17)12-16-4-2-1-3-5-16/h1-11,13H,12,14-15H2/b9-6+. The van der Waals surface area contributed by atoms with E-state index >= 15 is 0 Å². The average molecular weight is 390 g/mol. The van der Waals surface area contributed by atoms with E-state index in [1.54, 1.807) is 35.2 Å². The first-order valence-electron chi connectivity index (χ1n) is 9.01. The molecule has 0 fully saturated rings. The molecule has 146 valence electrons. The van der Waals surface area contributed by atoms with Crippen molar-refractivity contribution in [3.63, 3.8) is 0 Å². The Kier molecular flexibility index (Phi) is 5.38. The molecule has 0 unspecified atom stereocenters. The Balaban J connectivity index is 1.28. The van der Waals surface area contributed by atoms with Crippen LogP contribution in [0.15, 0.2) is 67.0 Å². The summed E-state index contributed by atoms with van der Waals surface area (Å²) in [5, 5.41) is 4.27. The second-order valence-electron chi connectivity index (χ2n) is 6.39. The van der Waals surface area contributed by atoms with Crippen molar-refractivity contribution >= 4 is 17.8 Å². The van der Waals surface area contributed by atoms with Gasteiger partial charge in [0.05, 0.1) is 12.7 Å². The highest BCUT2D eigenvalue weighted by atomic mass is 16.7. The van der Waals surface area contributed by atoms with E-state index in [1.807, 2.05) is 36.5 Å². The minimum absolute atomic E-state index is 0.134. The van der Waals surface area contributed by atoms with Gasteiger partial charge < -0.3 is 14.2 Å². The maximum Gasteiger partial charge on any atom is 0.331 e.